The van der Waals surface area contributed by atoms with E-state index >= 15 is 0 Å². The number of amides is 1. The lowest BCUT2D eigenvalue weighted by molar-refractivity contribution is -0.137. The van der Waals surface area contributed by atoms with E-state index in [2.05, 4.69) is 4.98 Å². The first-order chi connectivity index (χ1) is 15.9. The summed E-state index contributed by atoms with van der Waals surface area (Å²) in [6.45, 7) is 2.67. The van der Waals surface area contributed by atoms with Crippen molar-refractivity contribution in [2.75, 3.05) is 17.2 Å². The average molecular weight is 470 g/mol. The van der Waals surface area contributed by atoms with E-state index < -0.39 is 11.7 Å². The van der Waals surface area contributed by atoms with Gasteiger partial charge in [-0.3, -0.25) is 4.79 Å². The Balaban J connectivity index is 1.60. The van der Waals surface area contributed by atoms with Crippen molar-refractivity contribution in [2.45, 2.75) is 24.8 Å². The van der Waals surface area contributed by atoms with Gasteiger partial charge in [0.25, 0.3) is 0 Å². The van der Waals surface area contributed by atoms with Gasteiger partial charge in [-0.2, -0.15) is 13.2 Å². The Bertz CT molecular complexity index is 1250. The Hall–Kier alpha value is -3.26. The molecule has 33 heavy (non-hydrogen) atoms. The zero-order valence-corrected chi connectivity index (χ0v) is 18.7. The summed E-state index contributed by atoms with van der Waals surface area (Å²) in [4.78, 5) is 19.3. The molecule has 1 amide bonds. The van der Waals surface area contributed by atoms with Crippen LogP contribution in [0.3, 0.4) is 0 Å². The monoisotopic (exact) mass is 469 g/mol. The number of carbonyl (C=O) groups excluding carboxylic acids is 1. The molecular formula is C25H22F3N3OS. The highest BCUT2D eigenvalue weighted by Gasteiger charge is 2.30. The van der Waals surface area contributed by atoms with E-state index in [9.17, 15) is 18.0 Å². The number of aromatic nitrogens is 2. The zero-order valence-electron chi connectivity index (χ0n) is 17.9. The quantitative estimate of drug-likeness (QED) is 0.300. The minimum absolute atomic E-state index is 0.0635. The molecule has 0 radical (unpaired) electrons. The Morgan fingerprint density at radius 3 is 2.45 bits per heavy atom. The Labute approximate surface area is 194 Å². The summed E-state index contributed by atoms with van der Waals surface area (Å²) in [6.07, 6.45) is -4.40. The molecular weight excluding hydrogens is 447 g/mol. The zero-order chi connectivity index (χ0) is 23.4. The molecule has 1 heterocycles. The SMILES string of the molecule is CCN(C(=O)CSc1nc2ccccc2n1Cc1cccc(C(F)(F)F)c1)c1ccccc1. The molecule has 0 saturated carbocycles. The normalized spacial score (nSPS) is 11.6. The number of nitrogens with zero attached hydrogens (tertiary/aromatic N) is 3. The summed E-state index contributed by atoms with van der Waals surface area (Å²) in [5, 5.41) is 0.589. The third kappa shape index (κ3) is 5.22. The molecule has 0 saturated heterocycles. The summed E-state index contributed by atoms with van der Waals surface area (Å²) in [5.41, 5.74) is 2.19. The van der Waals surface area contributed by atoms with Crippen LogP contribution in [0.25, 0.3) is 11.0 Å². The van der Waals surface area contributed by atoms with Gasteiger partial charge in [0.1, 0.15) is 0 Å². The van der Waals surface area contributed by atoms with Gasteiger partial charge in [-0.15, -0.1) is 0 Å². The number of anilines is 1. The van der Waals surface area contributed by atoms with Crippen molar-refractivity contribution < 1.29 is 18.0 Å². The van der Waals surface area contributed by atoms with Gasteiger partial charge in [-0.25, -0.2) is 4.98 Å². The fourth-order valence-corrected chi connectivity index (χ4v) is 4.55. The van der Waals surface area contributed by atoms with Gasteiger partial charge in [0, 0.05) is 12.2 Å². The first-order valence-electron chi connectivity index (χ1n) is 10.5. The number of para-hydroxylation sites is 3. The minimum Gasteiger partial charge on any atom is -0.314 e. The summed E-state index contributed by atoms with van der Waals surface area (Å²) in [5.74, 6) is 0.0978. The topological polar surface area (TPSA) is 38.1 Å². The van der Waals surface area contributed by atoms with Crippen molar-refractivity contribution in [3.8, 4) is 0 Å². The lowest BCUT2D eigenvalue weighted by atomic mass is 10.1. The van der Waals surface area contributed by atoms with Gasteiger partial charge in [0.05, 0.1) is 28.9 Å². The highest BCUT2D eigenvalue weighted by Crippen LogP contribution is 2.31. The van der Waals surface area contributed by atoms with E-state index in [0.29, 0.717) is 17.3 Å². The number of imidazole rings is 1. The molecule has 0 fully saturated rings. The van der Waals surface area contributed by atoms with Crippen molar-refractivity contribution in [2.24, 2.45) is 0 Å². The Morgan fingerprint density at radius 2 is 1.73 bits per heavy atom. The molecule has 0 N–H and O–H groups in total. The molecule has 0 aliphatic carbocycles. The van der Waals surface area contributed by atoms with Crippen LogP contribution in [-0.4, -0.2) is 27.8 Å². The van der Waals surface area contributed by atoms with E-state index in [-0.39, 0.29) is 18.2 Å². The maximum atomic E-state index is 13.2. The van der Waals surface area contributed by atoms with Gasteiger partial charge in [-0.1, -0.05) is 54.2 Å². The highest BCUT2D eigenvalue weighted by atomic mass is 32.2. The summed E-state index contributed by atoms with van der Waals surface area (Å²) in [7, 11) is 0. The number of halogens is 3. The maximum absolute atomic E-state index is 13.2. The molecule has 3 aromatic carbocycles. The van der Waals surface area contributed by atoms with Crippen LogP contribution < -0.4 is 4.90 Å². The van der Waals surface area contributed by atoms with Crippen LogP contribution in [0.15, 0.2) is 84.0 Å². The van der Waals surface area contributed by atoms with E-state index in [0.717, 1.165) is 28.9 Å². The molecule has 170 valence electrons. The Kier molecular flexibility index (Phi) is 6.74. The molecule has 0 atom stereocenters. The third-order valence-corrected chi connectivity index (χ3v) is 6.19. The second kappa shape index (κ2) is 9.70. The van der Waals surface area contributed by atoms with Crippen LogP contribution in [0.5, 0.6) is 0 Å². The van der Waals surface area contributed by atoms with Gasteiger partial charge < -0.3 is 9.47 Å². The molecule has 4 rings (SSSR count). The molecule has 0 unspecified atom stereocenters. The molecule has 0 spiro atoms. The van der Waals surface area contributed by atoms with Crippen LogP contribution in [0.4, 0.5) is 18.9 Å². The van der Waals surface area contributed by atoms with Crippen molar-refractivity contribution >= 4 is 34.4 Å². The number of thioether (sulfide) groups is 1. The lowest BCUT2D eigenvalue weighted by Crippen LogP contribution is -2.32. The number of hydrogen-bond donors (Lipinski definition) is 0. The van der Waals surface area contributed by atoms with Crippen molar-refractivity contribution in [3.05, 3.63) is 90.0 Å². The van der Waals surface area contributed by atoms with E-state index in [1.165, 1.54) is 17.8 Å². The number of carbonyl (C=O) groups is 1. The molecule has 0 aliphatic rings. The third-order valence-electron chi connectivity index (χ3n) is 5.22. The fourth-order valence-electron chi connectivity index (χ4n) is 3.66. The van der Waals surface area contributed by atoms with Crippen molar-refractivity contribution in [1.29, 1.82) is 0 Å². The summed E-state index contributed by atoms with van der Waals surface area (Å²) in [6, 6.07) is 22.2. The first-order valence-corrected chi connectivity index (χ1v) is 11.4. The highest BCUT2D eigenvalue weighted by molar-refractivity contribution is 7.99. The second-order valence-electron chi connectivity index (χ2n) is 7.43. The number of rotatable bonds is 7. The van der Waals surface area contributed by atoms with Crippen LogP contribution in [0.1, 0.15) is 18.1 Å². The number of benzene rings is 3. The molecule has 0 aliphatic heterocycles. The van der Waals surface area contributed by atoms with Crippen LogP contribution in [0.2, 0.25) is 0 Å². The smallest absolute Gasteiger partial charge is 0.314 e. The molecule has 4 aromatic rings. The van der Waals surface area contributed by atoms with Crippen molar-refractivity contribution in [3.63, 3.8) is 0 Å². The molecule has 8 heteroatoms. The standard InChI is InChI=1S/C25H22F3N3OS/c1-2-30(20-11-4-3-5-12-20)23(32)17-33-24-29-21-13-6-7-14-22(21)31(24)16-18-9-8-10-19(15-18)25(26,27)28/h3-15H,2,16-17H2,1H3. The van der Waals surface area contributed by atoms with Crippen molar-refractivity contribution in [1.82, 2.24) is 9.55 Å². The molecule has 1 aromatic heterocycles. The van der Waals surface area contributed by atoms with E-state index in [1.807, 2.05) is 66.1 Å². The largest absolute Gasteiger partial charge is 0.416 e. The Morgan fingerprint density at radius 1 is 1.00 bits per heavy atom. The predicted molar refractivity (Wildman–Crippen MR) is 125 cm³/mol. The van der Waals surface area contributed by atoms with Gasteiger partial charge in [0.15, 0.2) is 5.16 Å². The average Bonchev–Trinajstić information content (AvgIpc) is 3.16. The number of alkyl halides is 3. The number of fused-ring (bicyclic) bond motifs is 1. The summed E-state index contributed by atoms with van der Waals surface area (Å²) >= 11 is 1.29. The van der Waals surface area contributed by atoms with E-state index in [4.69, 9.17) is 0 Å². The van der Waals surface area contributed by atoms with Crippen LogP contribution in [-0.2, 0) is 17.5 Å². The fraction of sp³-hybridized carbons (Fsp3) is 0.200. The lowest BCUT2D eigenvalue weighted by Gasteiger charge is -2.20. The maximum Gasteiger partial charge on any atom is 0.416 e. The molecule has 4 nitrogen and oxygen atoms in total. The second-order valence-corrected chi connectivity index (χ2v) is 8.37. The van der Waals surface area contributed by atoms with E-state index in [1.54, 1.807) is 11.0 Å². The first kappa shape index (κ1) is 22.9. The predicted octanol–water partition coefficient (Wildman–Crippen LogP) is 6.25. The van der Waals surface area contributed by atoms with Gasteiger partial charge in [0.2, 0.25) is 5.91 Å². The minimum atomic E-state index is -4.40. The van der Waals surface area contributed by atoms with Gasteiger partial charge >= 0.3 is 6.18 Å². The number of hydrogen-bond acceptors (Lipinski definition) is 3. The summed E-state index contributed by atoms with van der Waals surface area (Å²) < 4.78 is 41.4. The van der Waals surface area contributed by atoms with Gasteiger partial charge in [-0.05, 0) is 48.9 Å². The van der Waals surface area contributed by atoms with Crippen LogP contribution >= 0.6 is 11.8 Å². The van der Waals surface area contributed by atoms with Crippen LogP contribution in [0, 0.1) is 0 Å². The molecule has 0 bridgehead atoms.